The molecule has 0 N–H and O–H groups in total. The van der Waals surface area contributed by atoms with Gasteiger partial charge in [-0.2, -0.15) is 0 Å². The molecule has 1 heterocycles. The number of nitrogens with zero attached hydrogens (tertiary/aromatic N) is 1. The smallest absolute Gasteiger partial charge is 0.132 e. The predicted molar refractivity (Wildman–Crippen MR) is 108 cm³/mol. The van der Waals surface area contributed by atoms with Crippen LogP contribution in [0.15, 0.2) is 36.5 Å². The molecular formula is C24H32FN. The summed E-state index contributed by atoms with van der Waals surface area (Å²) in [6.45, 7) is 4.42. The Morgan fingerprint density at radius 2 is 1.81 bits per heavy atom. The van der Waals surface area contributed by atoms with E-state index in [9.17, 15) is 4.39 Å². The van der Waals surface area contributed by atoms with Gasteiger partial charge in [-0.15, -0.1) is 0 Å². The summed E-state index contributed by atoms with van der Waals surface area (Å²) in [5.74, 6) is 1.28. The molecule has 3 rings (SSSR count). The maximum atomic E-state index is 14.7. The first-order valence-electron chi connectivity index (χ1n) is 10.5. The van der Waals surface area contributed by atoms with Crippen LogP contribution < -0.4 is 0 Å². The highest BCUT2D eigenvalue weighted by molar-refractivity contribution is 5.60. The molecule has 1 fully saturated rings. The van der Waals surface area contributed by atoms with Gasteiger partial charge in [0.2, 0.25) is 0 Å². The van der Waals surface area contributed by atoms with Crippen LogP contribution in [0, 0.1) is 11.7 Å². The van der Waals surface area contributed by atoms with E-state index >= 15 is 0 Å². The lowest BCUT2D eigenvalue weighted by Gasteiger charge is -2.29. The molecular weight excluding hydrogens is 321 g/mol. The van der Waals surface area contributed by atoms with E-state index in [2.05, 4.69) is 31.0 Å². The van der Waals surface area contributed by atoms with Crippen molar-refractivity contribution >= 4 is 0 Å². The Bertz CT molecular complexity index is 684. The van der Waals surface area contributed by atoms with Gasteiger partial charge in [0.15, 0.2) is 0 Å². The Balaban J connectivity index is 1.66. The van der Waals surface area contributed by atoms with Gasteiger partial charge in [0.25, 0.3) is 0 Å². The van der Waals surface area contributed by atoms with Crippen LogP contribution in [0.4, 0.5) is 4.39 Å². The summed E-state index contributed by atoms with van der Waals surface area (Å²) in [4.78, 5) is 4.47. The van der Waals surface area contributed by atoms with Crippen molar-refractivity contribution in [3.8, 4) is 11.3 Å². The van der Waals surface area contributed by atoms with Crippen LogP contribution in [0.25, 0.3) is 11.3 Å². The fraction of sp³-hybridized carbons (Fsp3) is 0.542. The van der Waals surface area contributed by atoms with Crippen LogP contribution >= 0.6 is 0 Å². The summed E-state index contributed by atoms with van der Waals surface area (Å²) in [5, 5.41) is 0. The first-order chi connectivity index (χ1) is 12.7. The molecule has 1 aliphatic carbocycles. The predicted octanol–water partition coefficient (Wildman–Crippen LogP) is 7.30. The van der Waals surface area contributed by atoms with Crippen LogP contribution in [0.3, 0.4) is 0 Å². The molecule has 0 amide bonds. The number of rotatable bonds is 7. The fourth-order valence-electron chi connectivity index (χ4n) is 4.29. The Hall–Kier alpha value is -1.70. The number of unbranched alkanes of at least 4 members (excludes halogenated alkanes) is 1. The van der Waals surface area contributed by atoms with Crippen molar-refractivity contribution in [1.82, 2.24) is 4.98 Å². The van der Waals surface area contributed by atoms with Crippen molar-refractivity contribution in [2.24, 2.45) is 5.92 Å². The van der Waals surface area contributed by atoms with Gasteiger partial charge in [0.05, 0.1) is 5.69 Å². The molecule has 0 radical (unpaired) electrons. The Labute approximate surface area is 158 Å². The molecule has 140 valence electrons. The van der Waals surface area contributed by atoms with Crippen LogP contribution in [0.2, 0.25) is 0 Å². The number of pyridine rings is 1. The molecule has 1 aromatic heterocycles. The van der Waals surface area contributed by atoms with Crippen molar-refractivity contribution in [2.45, 2.75) is 77.6 Å². The van der Waals surface area contributed by atoms with Gasteiger partial charge in [-0.3, -0.25) is 4.98 Å². The Morgan fingerprint density at radius 3 is 2.42 bits per heavy atom. The van der Waals surface area contributed by atoms with Crippen LogP contribution in [-0.2, 0) is 6.42 Å². The van der Waals surface area contributed by atoms with E-state index in [1.807, 2.05) is 18.3 Å². The number of hydrogen-bond acceptors (Lipinski definition) is 1. The maximum absolute atomic E-state index is 14.7. The van der Waals surface area contributed by atoms with E-state index in [0.29, 0.717) is 11.5 Å². The summed E-state index contributed by atoms with van der Waals surface area (Å²) in [6.07, 6.45) is 13.0. The number of aromatic nitrogens is 1. The fourth-order valence-corrected chi connectivity index (χ4v) is 4.29. The number of aryl methyl sites for hydroxylation is 1. The molecule has 1 nitrogen and oxygen atoms in total. The second-order valence-electron chi connectivity index (χ2n) is 7.90. The Kier molecular flexibility index (Phi) is 6.82. The first-order valence-corrected chi connectivity index (χ1v) is 10.5. The van der Waals surface area contributed by atoms with Crippen molar-refractivity contribution < 1.29 is 4.39 Å². The molecule has 1 saturated carbocycles. The monoisotopic (exact) mass is 353 g/mol. The van der Waals surface area contributed by atoms with Gasteiger partial charge in [-0.25, -0.2) is 4.39 Å². The lowest BCUT2D eigenvalue weighted by Crippen LogP contribution is -2.13. The second-order valence-corrected chi connectivity index (χ2v) is 7.90. The minimum Gasteiger partial charge on any atom is -0.256 e. The summed E-state index contributed by atoms with van der Waals surface area (Å²) < 4.78 is 14.7. The zero-order valence-electron chi connectivity index (χ0n) is 16.3. The third-order valence-corrected chi connectivity index (χ3v) is 5.92. The van der Waals surface area contributed by atoms with E-state index in [1.54, 1.807) is 6.07 Å². The summed E-state index contributed by atoms with van der Waals surface area (Å²) in [6, 6.07) is 9.82. The van der Waals surface area contributed by atoms with Crippen molar-refractivity contribution in [3.63, 3.8) is 0 Å². The first kappa shape index (κ1) is 19.1. The van der Waals surface area contributed by atoms with E-state index < -0.39 is 0 Å². The van der Waals surface area contributed by atoms with Gasteiger partial charge in [-0.05, 0) is 73.3 Å². The molecule has 0 saturated heterocycles. The maximum Gasteiger partial charge on any atom is 0.132 e. The van der Waals surface area contributed by atoms with Gasteiger partial charge in [0.1, 0.15) is 5.82 Å². The topological polar surface area (TPSA) is 12.9 Å². The van der Waals surface area contributed by atoms with E-state index in [4.69, 9.17) is 0 Å². The summed E-state index contributed by atoms with van der Waals surface area (Å²) in [7, 11) is 0. The highest BCUT2D eigenvalue weighted by atomic mass is 19.1. The average molecular weight is 354 g/mol. The van der Waals surface area contributed by atoms with Crippen LogP contribution in [0.1, 0.15) is 82.3 Å². The molecule has 0 aliphatic heterocycles. The lowest BCUT2D eigenvalue weighted by atomic mass is 9.77. The van der Waals surface area contributed by atoms with Gasteiger partial charge in [0, 0.05) is 11.8 Å². The van der Waals surface area contributed by atoms with Crippen LogP contribution in [0.5, 0.6) is 0 Å². The molecule has 1 aromatic carbocycles. The standard InChI is InChI=1S/C24H32FN/c1-3-5-7-18-8-11-20(12-9-18)21-13-14-22(23(25)16-21)24-15-10-19(6-4-2)17-26-24/h10,13-18,20H,3-9,11-12H2,1-2H3. The van der Waals surface area contributed by atoms with Gasteiger partial charge in [-0.1, -0.05) is 51.7 Å². The molecule has 2 aromatic rings. The molecule has 0 unspecified atom stereocenters. The SMILES string of the molecule is CCCCC1CCC(c2ccc(-c3ccc(CCC)cn3)c(F)c2)CC1. The molecule has 0 bridgehead atoms. The molecule has 0 spiro atoms. The number of halogens is 1. The quantitative estimate of drug-likeness (QED) is 0.508. The lowest BCUT2D eigenvalue weighted by molar-refractivity contribution is 0.304. The van der Waals surface area contributed by atoms with Crippen LogP contribution in [-0.4, -0.2) is 4.98 Å². The zero-order valence-corrected chi connectivity index (χ0v) is 16.3. The highest BCUT2D eigenvalue weighted by Crippen LogP contribution is 2.38. The normalized spacial score (nSPS) is 20.3. The van der Waals surface area contributed by atoms with E-state index in [1.165, 1.54) is 56.1 Å². The largest absolute Gasteiger partial charge is 0.256 e. The van der Waals surface area contributed by atoms with Crippen molar-refractivity contribution in [3.05, 3.63) is 53.5 Å². The minimum absolute atomic E-state index is 0.133. The van der Waals surface area contributed by atoms with Gasteiger partial charge < -0.3 is 0 Å². The Morgan fingerprint density at radius 1 is 1.00 bits per heavy atom. The third-order valence-electron chi connectivity index (χ3n) is 5.92. The average Bonchev–Trinajstić information content (AvgIpc) is 2.68. The minimum atomic E-state index is -0.133. The van der Waals surface area contributed by atoms with E-state index in [0.717, 1.165) is 24.5 Å². The molecule has 26 heavy (non-hydrogen) atoms. The van der Waals surface area contributed by atoms with Crippen molar-refractivity contribution in [2.75, 3.05) is 0 Å². The summed E-state index contributed by atoms with van der Waals surface area (Å²) in [5.41, 5.74) is 3.74. The number of benzene rings is 1. The van der Waals surface area contributed by atoms with Gasteiger partial charge >= 0.3 is 0 Å². The zero-order chi connectivity index (χ0) is 18.4. The number of hydrogen-bond donors (Lipinski definition) is 0. The third kappa shape index (κ3) is 4.72. The van der Waals surface area contributed by atoms with Crippen molar-refractivity contribution in [1.29, 1.82) is 0 Å². The second kappa shape index (κ2) is 9.30. The molecule has 0 atom stereocenters. The molecule has 1 aliphatic rings. The summed E-state index contributed by atoms with van der Waals surface area (Å²) >= 11 is 0. The van der Waals surface area contributed by atoms with E-state index in [-0.39, 0.29) is 5.82 Å². The molecule has 2 heteroatoms. The highest BCUT2D eigenvalue weighted by Gasteiger charge is 2.22.